The molecular formula is C53H39N3. The molecule has 266 valence electrons. The van der Waals surface area contributed by atoms with Crippen molar-refractivity contribution < 1.29 is 0 Å². The monoisotopic (exact) mass is 717 g/mol. The molecule has 0 radical (unpaired) electrons. The van der Waals surface area contributed by atoms with Gasteiger partial charge < -0.3 is 0 Å². The second-order valence-electron chi connectivity index (χ2n) is 14.0. The fraction of sp³-hybridized carbons (Fsp3) is 0.0377. The molecule has 9 aromatic rings. The Morgan fingerprint density at radius 3 is 1.09 bits per heavy atom. The van der Waals surface area contributed by atoms with Gasteiger partial charge in [-0.1, -0.05) is 202 Å². The van der Waals surface area contributed by atoms with Crippen LogP contribution in [0.15, 0.2) is 200 Å². The van der Waals surface area contributed by atoms with Crippen LogP contribution in [0.1, 0.15) is 18.6 Å². The molecule has 0 fully saturated rings. The topological polar surface area (TPSA) is 38.7 Å². The molecule has 0 saturated heterocycles. The first-order valence-corrected chi connectivity index (χ1v) is 18.7. The van der Waals surface area contributed by atoms with Gasteiger partial charge in [0.2, 0.25) is 0 Å². The van der Waals surface area contributed by atoms with Gasteiger partial charge in [-0.3, -0.25) is 0 Å². The van der Waals surface area contributed by atoms with Crippen molar-refractivity contribution in [3.63, 3.8) is 0 Å². The molecule has 0 amide bonds. The summed E-state index contributed by atoms with van der Waals surface area (Å²) in [6, 6.07) is 70.8. The molecule has 0 aliphatic heterocycles. The van der Waals surface area contributed by atoms with Crippen molar-refractivity contribution in [1.82, 2.24) is 15.0 Å². The van der Waals surface area contributed by atoms with Gasteiger partial charge in [-0.2, -0.15) is 0 Å². The Hall–Kier alpha value is -7.23. The third-order valence-electron chi connectivity index (χ3n) is 10.6. The normalized spacial score (nSPS) is 11.4. The number of hydrogen-bond acceptors (Lipinski definition) is 3. The highest BCUT2D eigenvalue weighted by Crippen LogP contribution is 2.45. The van der Waals surface area contributed by atoms with Gasteiger partial charge in [0.25, 0.3) is 0 Å². The minimum atomic E-state index is 0. The molecule has 1 aliphatic carbocycles. The van der Waals surface area contributed by atoms with E-state index >= 15 is 0 Å². The van der Waals surface area contributed by atoms with Crippen molar-refractivity contribution in [2.24, 2.45) is 0 Å². The fourth-order valence-corrected chi connectivity index (χ4v) is 7.87. The number of aromatic nitrogens is 3. The van der Waals surface area contributed by atoms with Gasteiger partial charge in [0.15, 0.2) is 17.5 Å². The Labute approximate surface area is 328 Å². The van der Waals surface area contributed by atoms with E-state index in [1.165, 1.54) is 66.8 Å². The van der Waals surface area contributed by atoms with Gasteiger partial charge >= 0.3 is 0 Å². The maximum Gasteiger partial charge on any atom is 0.164 e. The van der Waals surface area contributed by atoms with E-state index in [4.69, 9.17) is 15.0 Å². The van der Waals surface area contributed by atoms with Gasteiger partial charge in [-0.25, -0.2) is 15.0 Å². The molecule has 1 aliphatic rings. The zero-order valence-corrected chi connectivity index (χ0v) is 30.1. The van der Waals surface area contributed by atoms with Crippen molar-refractivity contribution >= 4 is 0 Å². The Morgan fingerprint density at radius 2 is 0.571 bits per heavy atom. The summed E-state index contributed by atoms with van der Waals surface area (Å²) in [6.07, 6.45) is 0.878. The summed E-state index contributed by atoms with van der Waals surface area (Å²) in [4.78, 5) is 14.8. The van der Waals surface area contributed by atoms with Gasteiger partial charge in [-0.05, 0) is 79.2 Å². The SMILES string of the molecule is C.c1ccc(-c2ccc(-c3cccc(-c4cccc5c4Cc4c(-c6ccc(-c7nc(-c8ccccc8)nc(-c8ccccc8)n7)cc6)cccc4-5)c3)cc2)cc1. The summed E-state index contributed by atoms with van der Waals surface area (Å²) >= 11 is 0. The van der Waals surface area contributed by atoms with E-state index in [1.54, 1.807) is 0 Å². The molecule has 0 unspecified atom stereocenters. The van der Waals surface area contributed by atoms with Gasteiger partial charge in [-0.15, -0.1) is 0 Å². The molecule has 0 atom stereocenters. The van der Waals surface area contributed by atoms with E-state index < -0.39 is 0 Å². The highest BCUT2D eigenvalue weighted by molar-refractivity contribution is 5.90. The van der Waals surface area contributed by atoms with Crippen molar-refractivity contribution in [3.8, 4) is 89.8 Å². The summed E-state index contributed by atoms with van der Waals surface area (Å²) in [7, 11) is 0. The Kier molecular flexibility index (Phi) is 9.18. The lowest BCUT2D eigenvalue weighted by atomic mass is 9.93. The first kappa shape index (κ1) is 34.5. The minimum Gasteiger partial charge on any atom is -0.208 e. The number of hydrogen-bond donors (Lipinski definition) is 0. The van der Waals surface area contributed by atoms with Crippen LogP contribution in [0.5, 0.6) is 0 Å². The molecule has 3 heteroatoms. The van der Waals surface area contributed by atoms with Crippen LogP contribution >= 0.6 is 0 Å². The van der Waals surface area contributed by atoms with E-state index in [0.29, 0.717) is 17.5 Å². The summed E-state index contributed by atoms with van der Waals surface area (Å²) in [5, 5.41) is 0. The van der Waals surface area contributed by atoms with E-state index in [1.807, 2.05) is 60.7 Å². The van der Waals surface area contributed by atoms with Crippen LogP contribution in [0.25, 0.3) is 89.8 Å². The zero-order valence-electron chi connectivity index (χ0n) is 30.1. The predicted molar refractivity (Wildman–Crippen MR) is 233 cm³/mol. The van der Waals surface area contributed by atoms with Crippen molar-refractivity contribution in [2.45, 2.75) is 13.8 Å². The highest BCUT2D eigenvalue weighted by atomic mass is 15.0. The van der Waals surface area contributed by atoms with E-state index in [2.05, 4.69) is 140 Å². The van der Waals surface area contributed by atoms with Crippen LogP contribution in [0.4, 0.5) is 0 Å². The third-order valence-corrected chi connectivity index (χ3v) is 10.6. The number of nitrogens with zero attached hydrogens (tertiary/aromatic N) is 3. The number of fused-ring (bicyclic) bond motifs is 3. The van der Waals surface area contributed by atoms with Gasteiger partial charge in [0.05, 0.1) is 0 Å². The standard InChI is InChI=1S/C52H35N3.CH4/c1-4-13-35(14-5-1)36-25-27-37(28-26-36)42-19-10-20-43(33-42)45-22-12-24-47-46-23-11-21-44(48(46)34-49(45)47)38-29-31-41(32-30-38)52-54-50(39-15-6-2-7-16-39)53-51(55-52)40-17-8-3-9-18-40;/h1-33H,34H2;1H4. The zero-order chi connectivity index (χ0) is 36.6. The molecule has 8 aromatic carbocycles. The van der Waals surface area contributed by atoms with Gasteiger partial charge in [0, 0.05) is 16.7 Å². The minimum absolute atomic E-state index is 0. The van der Waals surface area contributed by atoms with E-state index in [9.17, 15) is 0 Å². The van der Waals surface area contributed by atoms with Crippen molar-refractivity contribution in [2.75, 3.05) is 0 Å². The Morgan fingerprint density at radius 1 is 0.250 bits per heavy atom. The van der Waals surface area contributed by atoms with Crippen molar-refractivity contribution in [3.05, 3.63) is 211 Å². The van der Waals surface area contributed by atoms with E-state index in [-0.39, 0.29) is 7.43 Å². The highest BCUT2D eigenvalue weighted by Gasteiger charge is 2.24. The summed E-state index contributed by atoms with van der Waals surface area (Å²) in [5.41, 5.74) is 18.1. The third kappa shape index (κ3) is 6.50. The fourth-order valence-electron chi connectivity index (χ4n) is 7.87. The molecule has 3 nitrogen and oxygen atoms in total. The predicted octanol–water partition coefficient (Wildman–Crippen LogP) is 13.7. The lowest BCUT2D eigenvalue weighted by molar-refractivity contribution is 1.07. The number of rotatable bonds is 7. The molecule has 0 N–H and O–H groups in total. The summed E-state index contributed by atoms with van der Waals surface area (Å²) < 4.78 is 0. The quantitative estimate of drug-likeness (QED) is 0.165. The molecule has 1 heterocycles. The average Bonchev–Trinajstić information content (AvgIpc) is 3.67. The smallest absolute Gasteiger partial charge is 0.164 e. The second-order valence-corrected chi connectivity index (χ2v) is 14.0. The molecular weight excluding hydrogens is 679 g/mol. The lowest BCUT2D eigenvalue weighted by Crippen LogP contribution is -2.00. The second kappa shape index (κ2) is 14.9. The summed E-state index contributed by atoms with van der Waals surface area (Å²) in [6.45, 7) is 0. The summed E-state index contributed by atoms with van der Waals surface area (Å²) in [5.74, 6) is 1.98. The molecule has 0 spiro atoms. The van der Waals surface area contributed by atoms with Gasteiger partial charge in [0.1, 0.15) is 0 Å². The molecule has 0 saturated carbocycles. The molecule has 0 bridgehead atoms. The van der Waals surface area contributed by atoms with Crippen LogP contribution in [-0.4, -0.2) is 15.0 Å². The molecule has 1 aromatic heterocycles. The van der Waals surface area contributed by atoms with Crippen LogP contribution in [0, 0.1) is 0 Å². The Bertz CT molecular complexity index is 2740. The first-order chi connectivity index (χ1) is 27.2. The first-order valence-electron chi connectivity index (χ1n) is 18.7. The van der Waals surface area contributed by atoms with Crippen LogP contribution in [0.2, 0.25) is 0 Å². The molecule has 56 heavy (non-hydrogen) atoms. The number of benzene rings is 8. The van der Waals surface area contributed by atoms with E-state index in [0.717, 1.165) is 23.1 Å². The maximum absolute atomic E-state index is 4.94. The van der Waals surface area contributed by atoms with Crippen molar-refractivity contribution in [1.29, 1.82) is 0 Å². The maximum atomic E-state index is 4.94. The van der Waals surface area contributed by atoms with Crippen LogP contribution in [-0.2, 0) is 6.42 Å². The van der Waals surface area contributed by atoms with Crippen LogP contribution in [0.3, 0.4) is 0 Å². The largest absolute Gasteiger partial charge is 0.208 e. The Balaban J connectivity index is 0.00000410. The lowest BCUT2D eigenvalue weighted by Gasteiger charge is -2.11. The average molecular weight is 718 g/mol. The van der Waals surface area contributed by atoms with Crippen LogP contribution < -0.4 is 0 Å². The molecule has 10 rings (SSSR count).